The molecule has 0 saturated carbocycles. The summed E-state index contributed by atoms with van der Waals surface area (Å²) in [7, 11) is 0. The van der Waals surface area contributed by atoms with Gasteiger partial charge in [0.1, 0.15) is 0 Å². The minimum absolute atomic E-state index is 0. The minimum atomic E-state index is -2.89. The molecular weight excluding hydrogens is 715 g/mol. The second-order valence-electron chi connectivity index (χ2n) is 17.3. The molecule has 0 aliphatic heterocycles. The Morgan fingerprint density at radius 2 is 1.12 bits per heavy atom. The molecule has 2 aliphatic rings. The Bertz CT molecular complexity index is 1900. The predicted molar refractivity (Wildman–Crippen MR) is 202 cm³/mol. The molecule has 4 aromatic rings. The van der Waals surface area contributed by atoms with E-state index >= 15 is 0 Å². The Hall–Kier alpha value is -2.31. The van der Waals surface area contributed by atoms with Crippen molar-refractivity contribution in [3.8, 4) is 11.1 Å². The Kier molecular flexibility index (Phi) is 11.6. The molecule has 0 aromatic heterocycles. The van der Waals surface area contributed by atoms with E-state index in [0.29, 0.717) is 5.92 Å². The van der Waals surface area contributed by atoms with E-state index in [4.69, 9.17) is 0 Å². The third-order valence-electron chi connectivity index (χ3n) is 10.3. The first kappa shape index (κ1) is 39.5. The number of benzene rings is 4. The van der Waals surface area contributed by atoms with Gasteiger partial charge in [-0.15, -0.1) is 0 Å². The largest absolute Gasteiger partial charge is 1.00 e. The summed E-state index contributed by atoms with van der Waals surface area (Å²) in [5, 5.41) is 0. The summed E-state index contributed by atoms with van der Waals surface area (Å²) >= 11 is -2.89. The van der Waals surface area contributed by atoms with Crippen LogP contribution in [0.3, 0.4) is 0 Å². The van der Waals surface area contributed by atoms with Gasteiger partial charge in [-0.25, -0.2) is 0 Å². The van der Waals surface area contributed by atoms with Crippen molar-refractivity contribution in [2.45, 2.75) is 100 Å². The molecule has 0 saturated heterocycles. The number of hydrogen-bond acceptors (Lipinski definition) is 0. The summed E-state index contributed by atoms with van der Waals surface area (Å²) in [5.74, 6) is 0.426. The maximum atomic E-state index is 2.68. The van der Waals surface area contributed by atoms with Gasteiger partial charge in [0.25, 0.3) is 0 Å². The van der Waals surface area contributed by atoms with Gasteiger partial charge in [0, 0.05) is 0 Å². The van der Waals surface area contributed by atoms with E-state index in [1.54, 1.807) is 15.3 Å². The van der Waals surface area contributed by atoms with Gasteiger partial charge < -0.3 is 24.8 Å². The van der Waals surface area contributed by atoms with E-state index in [1.807, 2.05) is 0 Å². The Morgan fingerprint density at radius 1 is 0.612 bits per heavy atom. The third-order valence-corrected chi connectivity index (χ3v) is 18.3. The molecule has 1 unspecified atom stereocenters. The van der Waals surface area contributed by atoms with Gasteiger partial charge in [-0.2, -0.15) is 0 Å². The fourth-order valence-corrected chi connectivity index (χ4v) is 15.7. The molecule has 0 fully saturated rings. The maximum absolute atomic E-state index is 2.89. The summed E-state index contributed by atoms with van der Waals surface area (Å²) in [6.45, 7) is 28.2. The van der Waals surface area contributed by atoms with Crippen molar-refractivity contribution in [2.24, 2.45) is 11.3 Å². The zero-order chi connectivity index (χ0) is 34.1. The van der Waals surface area contributed by atoms with Crippen LogP contribution in [0.25, 0.3) is 11.1 Å². The summed E-state index contributed by atoms with van der Waals surface area (Å²) in [5.41, 5.74) is 16.1. The van der Waals surface area contributed by atoms with Crippen LogP contribution in [0.15, 0.2) is 99.9 Å². The standard InChI is InChI=1S/C21H25.C15H14.C10H15.2ClH.Zr/c1-20(2,3)16-9-7-14-11-15-8-10-17(21(4,5)6)13-19(15)18(14)12-16;1-12-3-7-14(8-4-12)11-15-9-5-13(2)6-10-15;1-8-5-6-9(7-8)10(2,3)4;;;/h7,9-10,12-13H,11H2,1-6H3;3-10H,1-2H3;6-8H,1-4H3;2*1H;/q;;;;;+2/p-2. The van der Waals surface area contributed by atoms with E-state index in [1.165, 1.54) is 55.6 Å². The molecule has 49 heavy (non-hydrogen) atoms. The second-order valence-corrected chi connectivity index (χ2v) is 23.2. The normalized spacial score (nSPS) is 15.2. The third kappa shape index (κ3) is 7.96. The molecule has 0 N–H and O–H groups in total. The topological polar surface area (TPSA) is 0 Å². The maximum Gasteiger partial charge on any atom is -1.00 e. The van der Waals surface area contributed by atoms with Crippen LogP contribution >= 0.6 is 0 Å². The van der Waals surface area contributed by atoms with Crippen molar-refractivity contribution < 1.29 is 46.1 Å². The van der Waals surface area contributed by atoms with Gasteiger partial charge in [0.15, 0.2) is 0 Å². The molecular formula is C46H54Cl2Zr. The summed E-state index contributed by atoms with van der Waals surface area (Å²) in [6.07, 6.45) is 6.25. The number of fused-ring (bicyclic) bond motifs is 3. The molecule has 2 aliphatic carbocycles. The molecule has 256 valence electrons. The van der Waals surface area contributed by atoms with Crippen LogP contribution in [0.1, 0.15) is 114 Å². The zero-order valence-corrected chi connectivity index (χ0v) is 35.7. The van der Waals surface area contributed by atoms with Crippen molar-refractivity contribution in [3.63, 3.8) is 0 Å². The van der Waals surface area contributed by atoms with Crippen molar-refractivity contribution >= 4 is 6.48 Å². The summed E-state index contributed by atoms with van der Waals surface area (Å²) in [4.78, 5) is 0. The SMILES string of the molecule is Cc1ccc([C](c2ccc(C)cc2)=[Zr+2]([C]2=CC(C(C)(C)C)=CC2C)[c]2cc(C(C)(C)C)cc3c2Cc2ccc(C(C)(C)C)cc2-3)cc1.[Cl-].[Cl-]. The molecule has 4 aromatic carbocycles. The number of rotatable bonds is 4. The first-order chi connectivity index (χ1) is 21.9. The first-order valence-corrected chi connectivity index (χ1v) is 21.2. The van der Waals surface area contributed by atoms with Gasteiger partial charge in [0.2, 0.25) is 0 Å². The van der Waals surface area contributed by atoms with Crippen LogP contribution in [0.2, 0.25) is 0 Å². The zero-order valence-electron chi connectivity index (χ0n) is 31.7. The smallest absolute Gasteiger partial charge is 1.00 e. The van der Waals surface area contributed by atoms with E-state index in [2.05, 4.69) is 174 Å². The van der Waals surface area contributed by atoms with Crippen LogP contribution in [-0.2, 0) is 38.5 Å². The molecule has 0 spiro atoms. The second kappa shape index (κ2) is 14.4. The summed E-state index contributed by atoms with van der Waals surface area (Å²) < 4.78 is 4.97. The van der Waals surface area contributed by atoms with Crippen molar-refractivity contribution in [1.29, 1.82) is 0 Å². The average Bonchev–Trinajstić information content (AvgIpc) is 3.56. The van der Waals surface area contributed by atoms with Crippen molar-refractivity contribution in [1.82, 2.24) is 0 Å². The Morgan fingerprint density at radius 3 is 1.59 bits per heavy atom. The molecule has 0 heterocycles. The van der Waals surface area contributed by atoms with Gasteiger partial charge in [-0.3, -0.25) is 0 Å². The minimum Gasteiger partial charge on any atom is -1.00 e. The van der Waals surface area contributed by atoms with Crippen LogP contribution in [0, 0.1) is 25.2 Å². The fourth-order valence-electron chi connectivity index (χ4n) is 7.20. The van der Waals surface area contributed by atoms with E-state index < -0.39 is 21.3 Å². The molecule has 0 radical (unpaired) electrons. The monoisotopic (exact) mass is 766 g/mol. The number of allylic oxidation sites excluding steroid dienone is 4. The number of halogens is 2. The number of aryl methyl sites for hydroxylation is 2. The van der Waals surface area contributed by atoms with Crippen LogP contribution < -0.4 is 28.1 Å². The van der Waals surface area contributed by atoms with Gasteiger partial charge in [-0.05, 0) is 0 Å². The van der Waals surface area contributed by atoms with Gasteiger partial charge in [0.05, 0.1) is 0 Å². The molecule has 0 amide bonds. The average molecular weight is 769 g/mol. The fraction of sp³-hybridized carbons (Fsp3) is 0.370. The van der Waals surface area contributed by atoms with E-state index in [9.17, 15) is 0 Å². The van der Waals surface area contributed by atoms with Gasteiger partial charge >= 0.3 is 295 Å². The van der Waals surface area contributed by atoms with Crippen LogP contribution in [0.4, 0.5) is 0 Å². The van der Waals surface area contributed by atoms with Crippen LogP contribution in [-0.4, -0.2) is 3.21 Å². The molecule has 0 bridgehead atoms. The molecule has 3 heteroatoms. The van der Waals surface area contributed by atoms with E-state index in [-0.39, 0.29) is 41.1 Å². The van der Waals surface area contributed by atoms with Crippen molar-refractivity contribution in [2.75, 3.05) is 0 Å². The quantitative estimate of drug-likeness (QED) is 0.227. The molecule has 0 nitrogen and oxygen atoms in total. The number of hydrogen-bond donors (Lipinski definition) is 0. The van der Waals surface area contributed by atoms with Crippen molar-refractivity contribution in [3.05, 3.63) is 144 Å². The molecule has 1 atom stereocenters. The molecule has 6 rings (SSSR count). The Balaban J connectivity index is 0.00000270. The van der Waals surface area contributed by atoms with E-state index in [0.717, 1.165) is 6.42 Å². The van der Waals surface area contributed by atoms with Gasteiger partial charge in [-0.1, -0.05) is 0 Å². The van der Waals surface area contributed by atoms with Crippen LogP contribution in [0.5, 0.6) is 0 Å². The first-order valence-electron chi connectivity index (χ1n) is 17.6. The summed E-state index contributed by atoms with van der Waals surface area (Å²) in [6, 6.07) is 31.4. The Labute approximate surface area is 317 Å². The predicted octanol–water partition coefficient (Wildman–Crippen LogP) is 5.50.